The van der Waals surface area contributed by atoms with Gasteiger partial charge in [-0.1, -0.05) is 23.9 Å². The number of fused-ring (bicyclic) bond motifs is 1. The van der Waals surface area contributed by atoms with Crippen molar-refractivity contribution in [2.24, 2.45) is 0 Å². The van der Waals surface area contributed by atoms with Crippen molar-refractivity contribution in [1.29, 1.82) is 0 Å². The lowest BCUT2D eigenvalue weighted by molar-refractivity contribution is 0.102. The Kier molecular flexibility index (Phi) is 6.34. The van der Waals surface area contributed by atoms with Gasteiger partial charge in [0.05, 0.1) is 35.0 Å². The minimum Gasteiger partial charge on any atom is -0.496 e. The molecule has 0 N–H and O–H groups in total. The number of aromatic nitrogens is 2. The summed E-state index contributed by atoms with van der Waals surface area (Å²) in [7, 11) is 3.28. The minimum atomic E-state index is 0.0451. The first-order chi connectivity index (χ1) is 12.6. The van der Waals surface area contributed by atoms with Gasteiger partial charge in [0.2, 0.25) is 0 Å². The minimum absolute atomic E-state index is 0.0451. The molecule has 0 saturated carbocycles. The van der Waals surface area contributed by atoms with Crippen LogP contribution in [0.5, 0.6) is 5.75 Å². The topological polar surface area (TPSA) is 53.4 Å². The van der Waals surface area contributed by atoms with Crippen LogP contribution in [0.2, 0.25) is 0 Å². The molecule has 3 aromatic rings. The number of ketones is 1. The van der Waals surface area contributed by atoms with Crippen molar-refractivity contribution in [1.82, 2.24) is 9.55 Å². The Hall–Kier alpha value is -1.83. The Morgan fingerprint density at radius 2 is 2.04 bits per heavy atom. The molecule has 0 aliphatic heterocycles. The first-order valence-electron chi connectivity index (χ1n) is 8.07. The average Bonchev–Trinajstić information content (AvgIpc) is 3.01. The van der Waals surface area contributed by atoms with Crippen LogP contribution in [0.4, 0.5) is 0 Å². The molecule has 1 aromatic heterocycles. The Labute approximate surface area is 164 Å². The van der Waals surface area contributed by atoms with Gasteiger partial charge in [-0.3, -0.25) is 4.79 Å². The summed E-state index contributed by atoms with van der Waals surface area (Å²) in [5.74, 6) is 1.06. The lowest BCUT2D eigenvalue weighted by atomic mass is 10.1. The van der Waals surface area contributed by atoms with Crippen LogP contribution in [0.25, 0.3) is 11.0 Å². The maximum Gasteiger partial charge on any atom is 0.173 e. The third-order valence-electron chi connectivity index (χ3n) is 3.94. The van der Waals surface area contributed by atoms with Crippen molar-refractivity contribution >= 4 is 44.5 Å². The summed E-state index contributed by atoms with van der Waals surface area (Å²) in [6.45, 7) is 1.29. The largest absolute Gasteiger partial charge is 0.496 e. The second kappa shape index (κ2) is 8.70. The standard InChI is InChI=1S/C19H19BrN2O3S/c1-24-10-9-22-16-6-4-3-5-15(16)21-19(22)26-12-17(23)13-7-8-18(25-2)14(20)11-13/h3-8,11H,9-10,12H2,1-2H3. The molecule has 2 aromatic carbocycles. The predicted molar refractivity (Wildman–Crippen MR) is 107 cm³/mol. The molecule has 136 valence electrons. The normalized spacial score (nSPS) is 11.0. The molecule has 0 amide bonds. The molecule has 26 heavy (non-hydrogen) atoms. The van der Waals surface area contributed by atoms with Gasteiger partial charge in [0.15, 0.2) is 10.9 Å². The number of hydrogen-bond acceptors (Lipinski definition) is 5. The molecule has 0 bridgehead atoms. The van der Waals surface area contributed by atoms with Gasteiger partial charge in [0, 0.05) is 19.2 Å². The molecule has 0 unspecified atom stereocenters. The molecule has 1 heterocycles. The summed E-state index contributed by atoms with van der Waals surface area (Å²) >= 11 is 4.86. The fraction of sp³-hybridized carbons (Fsp3) is 0.263. The number of carbonyl (C=O) groups excluding carboxylic acids is 1. The third-order valence-corrected chi connectivity index (χ3v) is 5.54. The highest BCUT2D eigenvalue weighted by atomic mass is 79.9. The predicted octanol–water partition coefficient (Wildman–Crippen LogP) is 4.43. The van der Waals surface area contributed by atoms with Crippen molar-refractivity contribution < 1.29 is 14.3 Å². The van der Waals surface area contributed by atoms with E-state index < -0.39 is 0 Å². The monoisotopic (exact) mass is 434 g/mol. The van der Waals surface area contributed by atoms with Crippen LogP contribution < -0.4 is 4.74 Å². The number of halogens is 1. The quantitative estimate of drug-likeness (QED) is 0.387. The maximum atomic E-state index is 12.6. The number of ether oxygens (including phenoxy) is 2. The van der Waals surface area contributed by atoms with Crippen molar-refractivity contribution in [2.75, 3.05) is 26.6 Å². The molecule has 0 aliphatic carbocycles. The first-order valence-corrected chi connectivity index (χ1v) is 9.85. The second-order valence-electron chi connectivity index (χ2n) is 5.59. The van der Waals surface area contributed by atoms with Crippen LogP contribution in [0.15, 0.2) is 52.1 Å². The Balaban J connectivity index is 1.78. The number of imidazole rings is 1. The Morgan fingerprint density at radius 1 is 1.23 bits per heavy atom. The zero-order valence-electron chi connectivity index (χ0n) is 14.6. The van der Waals surface area contributed by atoms with E-state index in [-0.39, 0.29) is 5.78 Å². The number of carbonyl (C=O) groups is 1. The van der Waals surface area contributed by atoms with Gasteiger partial charge in [-0.2, -0.15) is 0 Å². The highest BCUT2D eigenvalue weighted by molar-refractivity contribution is 9.10. The van der Waals surface area contributed by atoms with E-state index in [0.717, 1.165) is 20.7 Å². The van der Waals surface area contributed by atoms with Crippen LogP contribution in [0, 0.1) is 0 Å². The number of methoxy groups -OCH3 is 2. The van der Waals surface area contributed by atoms with Crippen LogP contribution in [-0.2, 0) is 11.3 Å². The number of nitrogens with zero attached hydrogens (tertiary/aromatic N) is 2. The van der Waals surface area contributed by atoms with Crippen molar-refractivity contribution in [3.8, 4) is 5.75 Å². The molecule has 3 rings (SSSR count). The zero-order chi connectivity index (χ0) is 18.5. The van der Waals surface area contributed by atoms with Crippen molar-refractivity contribution in [2.45, 2.75) is 11.7 Å². The number of hydrogen-bond donors (Lipinski definition) is 0. The molecule has 5 nitrogen and oxygen atoms in total. The van der Waals surface area contributed by atoms with Gasteiger partial charge in [0.25, 0.3) is 0 Å². The molecule has 7 heteroatoms. The molecule has 0 aliphatic rings. The first kappa shape index (κ1) is 18.9. The molecular weight excluding hydrogens is 416 g/mol. The summed E-state index contributed by atoms with van der Waals surface area (Å²) in [6.07, 6.45) is 0. The zero-order valence-corrected chi connectivity index (χ0v) is 17.0. The van der Waals surface area contributed by atoms with Crippen LogP contribution in [0.3, 0.4) is 0 Å². The van der Waals surface area contributed by atoms with E-state index in [1.165, 1.54) is 11.8 Å². The SMILES string of the molecule is COCCn1c(SCC(=O)c2ccc(OC)c(Br)c2)nc2ccccc21. The van der Waals surface area contributed by atoms with Crippen LogP contribution >= 0.6 is 27.7 Å². The molecule has 0 saturated heterocycles. The summed E-state index contributed by atoms with van der Waals surface area (Å²) in [6, 6.07) is 13.3. The number of thioether (sulfide) groups is 1. The smallest absolute Gasteiger partial charge is 0.173 e. The fourth-order valence-electron chi connectivity index (χ4n) is 2.62. The van der Waals surface area contributed by atoms with E-state index in [1.807, 2.05) is 24.3 Å². The van der Waals surface area contributed by atoms with E-state index in [4.69, 9.17) is 9.47 Å². The summed E-state index contributed by atoms with van der Waals surface area (Å²) in [4.78, 5) is 17.2. The molecule has 0 fully saturated rings. The van der Waals surface area contributed by atoms with E-state index in [2.05, 4.69) is 25.5 Å². The van der Waals surface area contributed by atoms with Gasteiger partial charge < -0.3 is 14.0 Å². The van der Waals surface area contributed by atoms with Gasteiger partial charge >= 0.3 is 0 Å². The van der Waals surface area contributed by atoms with Gasteiger partial charge in [-0.05, 0) is 46.3 Å². The molecule has 0 atom stereocenters. The van der Waals surface area contributed by atoms with E-state index in [1.54, 1.807) is 32.4 Å². The van der Waals surface area contributed by atoms with E-state index >= 15 is 0 Å². The number of para-hydroxylation sites is 2. The van der Waals surface area contributed by atoms with Gasteiger partial charge in [0.1, 0.15) is 5.75 Å². The van der Waals surface area contributed by atoms with Crippen LogP contribution in [-0.4, -0.2) is 41.9 Å². The lowest BCUT2D eigenvalue weighted by Crippen LogP contribution is -2.08. The molecular formula is C19H19BrN2O3S. The number of Topliss-reactive ketones (excluding diaryl/α,β-unsaturated/α-hetero) is 1. The lowest BCUT2D eigenvalue weighted by Gasteiger charge is -2.08. The highest BCUT2D eigenvalue weighted by Gasteiger charge is 2.14. The Bertz CT molecular complexity index is 926. The average molecular weight is 435 g/mol. The third kappa shape index (κ3) is 4.11. The maximum absolute atomic E-state index is 12.6. The fourth-order valence-corrected chi connectivity index (χ4v) is 4.09. The van der Waals surface area contributed by atoms with Gasteiger partial charge in [-0.15, -0.1) is 0 Å². The van der Waals surface area contributed by atoms with Crippen molar-refractivity contribution in [3.63, 3.8) is 0 Å². The second-order valence-corrected chi connectivity index (χ2v) is 7.39. The summed E-state index contributed by atoms with van der Waals surface area (Å²) in [5, 5.41) is 0.823. The summed E-state index contributed by atoms with van der Waals surface area (Å²) in [5.41, 5.74) is 2.61. The van der Waals surface area contributed by atoms with E-state index in [9.17, 15) is 4.79 Å². The van der Waals surface area contributed by atoms with Crippen molar-refractivity contribution in [3.05, 3.63) is 52.5 Å². The molecule has 0 radical (unpaired) electrons. The van der Waals surface area contributed by atoms with E-state index in [0.29, 0.717) is 30.2 Å². The highest BCUT2D eigenvalue weighted by Crippen LogP contribution is 2.28. The number of rotatable bonds is 8. The van der Waals surface area contributed by atoms with Crippen LogP contribution in [0.1, 0.15) is 10.4 Å². The Morgan fingerprint density at radius 3 is 2.77 bits per heavy atom. The summed E-state index contributed by atoms with van der Waals surface area (Å²) < 4.78 is 13.3. The molecule has 0 spiro atoms. The van der Waals surface area contributed by atoms with Gasteiger partial charge in [-0.25, -0.2) is 4.98 Å². The number of benzene rings is 2.